The molecule has 0 radical (unpaired) electrons. The maximum Gasteiger partial charge on any atom is 0.255 e. The van der Waals surface area contributed by atoms with Gasteiger partial charge >= 0.3 is 0 Å². The van der Waals surface area contributed by atoms with Crippen LogP contribution in [0.15, 0.2) is 47.4 Å². The van der Waals surface area contributed by atoms with Crippen LogP contribution in [0.2, 0.25) is 0 Å². The second-order valence-electron chi connectivity index (χ2n) is 6.82. The molecule has 0 bridgehead atoms. The SMILES string of the molecule is CC1CCCN(S(=O)(=O)c2ccc(C(=O)Nc3cc(F)ccc3N)cc2)C1. The van der Waals surface area contributed by atoms with Gasteiger partial charge in [-0.15, -0.1) is 0 Å². The van der Waals surface area contributed by atoms with Crippen LogP contribution in [0.4, 0.5) is 15.8 Å². The Kier molecular flexibility index (Phi) is 5.48. The summed E-state index contributed by atoms with van der Waals surface area (Å²) in [5.41, 5.74) is 6.38. The number of benzene rings is 2. The lowest BCUT2D eigenvalue weighted by Gasteiger charge is -2.30. The second-order valence-corrected chi connectivity index (χ2v) is 8.76. The molecule has 0 aromatic heterocycles. The van der Waals surface area contributed by atoms with Gasteiger partial charge in [0.2, 0.25) is 10.0 Å². The van der Waals surface area contributed by atoms with E-state index in [0.717, 1.165) is 18.9 Å². The summed E-state index contributed by atoms with van der Waals surface area (Å²) in [5, 5.41) is 2.53. The van der Waals surface area contributed by atoms with Crippen LogP contribution in [0.3, 0.4) is 0 Å². The summed E-state index contributed by atoms with van der Waals surface area (Å²) in [6.07, 6.45) is 1.87. The molecule has 3 N–H and O–H groups in total. The highest BCUT2D eigenvalue weighted by atomic mass is 32.2. The third-order valence-electron chi connectivity index (χ3n) is 4.64. The van der Waals surface area contributed by atoms with Crippen LogP contribution < -0.4 is 11.1 Å². The number of nitrogens with zero attached hydrogens (tertiary/aromatic N) is 1. The van der Waals surface area contributed by atoms with Crippen molar-refractivity contribution < 1.29 is 17.6 Å². The van der Waals surface area contributed by atoms with E-state index in [1.165, 1.54) is 40.7 Å². The molecule has 8 heteroatoms. The van der Waals surface area contributed by atoms with Crippen molar-refractivity contribution in [1.29, 1.82) is 0 Å². The summed E-state index contributed by atoms with van der Waals surface area (Å²) >= 11 is 0. The molecular formula is C19H22FN3O3S. The van der Waals surface area contributed by atoms with Crippen molar-refractivity contribution in [2.24, 2.45) is 5.92 Å². The Morgan fingerprint density at radius 1 is 1.22 bits per heavy atom. The molecule has 1 unspecified atom stereocenters. The average Bonchev–Trinajstić information content (AvgIpc) is 2.65. The minimum absolute atomic E-state index is 0.151. The van der Waals surface area contributed by atoms with E-state index in [-0.39, 0.29) is 21.8 Å². The van der Waals surface area contributed by atoms with Gasteiger partial charge in [-0.05, 0) is 61.2 Å². The van der Waals surface area contributed by atoms with Gasteiger partial charge in [0.1, 0.15) is 5.82 Å². The Morgan fingerprint density at radius 3 is 2.59 bits per heavy atom. The van der Waals surface area contributed by atoms with E-state index in [2.05, 4.69) is 5.32 Å². The van der Waals surface area contributed by atoms with Crippen molar-refractivity contribution in [1.82, 2.24) is 4.31 Å². The smallest absolute Gasteiger partial charge is 0.255 e. The van der Waals surface area contributed by atoms with Gasteiger partial charge in [-0.2, -0.15) is 4.31 Å². The van der Waals surface area contributed by atoms with Gasteiger partial charge in [-0.3, -0.25) is 4.79 Å². The number of halogens is 1. The van der Waals surface area contributed by atoms with E-state index in [1.807, 2.05) is 6.92 Å². The van der Waals surface area contributed by atoms with Gasteiger partial charge in [0, 0.05) is 18.7 Å². The maximum atomic E-state index is 13.3. The van der Waals surface area contributed by atoms with Crippen LogP contribution in [-0.4, -0.2) is 31.7 Å². The molecule has 1 aliphatic rings. The Balaban J connectivity index is 1.76. The summed E-state index contributed by atoms with van der Waals surface area (Å²) in [6, 6.07) is 9.39. The number of amides is 1. The van der Waals surface area contributed by atoms with Crippen molar-refractivity contribution >= 4 is 27.3 Å². The predicted molar refractivity (Wildman–Crippen MR) is 102 cm³/mol. The van der Waals surface area contributed by atoms with E-state index < -0.39 is 21.7 Å². The standard InChI is InChI=1S/C19H22FN3O3S/c1-13-3-2-10-23(12-13)27(25,26)16-7-4-14(5-8-16)19(24)22-18-11-15(20)6-9-17(18)21/h4-9,11,13H,2-3,10,12,21H2,1H3,(H,22,24). The molecule has 2 aromatic carbocycles. The fourth-order valence-corrected chi connectivity index (χ4v) is 4.72. The van der Waals surface area contributed by atoms with Crippen molar-refractivity contribution in [3.8, 4) is 0 Å². The van der Waals surface area contributed by atoms with E-state index in [4.69, 9.17) is 5.73 Å². The Morgan fingerprint density at radius 2 is 1.93 bits per heavy atom. The molecule has 1 atom stereocenters. The molecule has 1 aliphatic heterocycles. The number of hydrogen-bond acceptors (Lipinski definition) is 4. The van der Waals surface area contributed by atoms with Crippen LogP contribution in [0.5, 0.6) is 0 Å². The highest BCUT2D eigenvalue weighted by Crippen LogP contribution is 2.24. The highest BCUT2D eigenvalue weighted by molar-refractivity contribution is 7.89. The summed E-state index contributed by atoms with van der Waals surface area (Å²) < 4.78 is 40.3. The van der Waals surface area contributed by atoms with Gasteiger partial charge in [-0.1, -0.05) is 6.92 Å². The second kappa shape index (κ2) is 7.66. The first-order chi connectivity index (χ1) is 12.8. The molecule has 0 aliphatic carbocycles. The monoisotopic (exact) mass is 391 g/mol. The first-order valence-corrected chi connectivity index (χ1v) is 10.2. The van der Waals surface area contributed by atoms with Crippen LogP contribution in [0.25, 0.3) is 0 Å². The largest absolute Gasteiger partial charge is 0.397 e. The van der Waals surface area contributed by atoms with Gasteiger partial charge in [0.15, 0.2) is 0 Å². The molecule has 0 saturated carbocycles. The summed E-state index contributed by atoms with van der Waals surface area (Å²) in [7, 11) is -3.58. The molecule has 3 rings (SSSR count). The van der Waals surface area contributed by atoms with E-state index in [0.29, 0.717) is 19.0 Å². The lowest BCUT2D eigenvalue weighted by atomic mass is 10.0. The van der Waals surface area contributed by atoms with Gasteiger partial charge in [0.25, 0.3) is 5.91 Å². The van der Waals surface area contributed by atoms with Crippen LogP contribution in [0.1, 0.15) is 30.1 Å². The van der Waals surface area contributed by atoms with Crippen LogP contribution in [-0.2, 0) is 10.0 Å². The number of piperidine rings is 1. The number of carbonyl (C=O) groups excluding carboxylic acids is 1. The molecule has 1 heterocycles. The zero-order valence-corrected chi connectivity index (χ0v) is 15.8. The quantitative estimate of drug-likeness (QED) is 0.784. The fraction of sp³-hybridized carbons (Fsp3) is 0.316. The number of nitrogens with one attached hydrogen (secondary N) is 1. The molecule has 1 fully saturated rings. The van der Waals surface area contributed by atoms with E-state index in [1.54, 1.807) is 0 Å². The molecule has 2 aromatic rings. The number of sulfonamides is 1. The summed E-state index contributed by atoms with van der Waals surface area (Å²) in [6.45, 7) is 3.05. The fourth-order valence-electron chi connectivity index (χ4n) is 3.12. The molecule has 1 amide bonds. The first kappa shape index (κ1) is 19.3. The molecule has 27 heavy (non-hydrogen) atoms. The molecule has 0 spiro atoms. The van der Waals surface area contributed by atoms with Crippen molar-refractivity contribution in [2.75, 3.05) is 24.1 Å². The normalized spacial score (nSPS) is 18.2. The Bertz CT molecular complexity index is 945. The summed E-state index contributed by atoms with van der Waals surface area (Å²) in [5.74, 6) is -0.685. The number of hydrogen-bond donors (Lipinski definition) is 2. The molecule has 6 nitrogen and oxygen atoms in total. The third kappa shape index (κ3) is 4.28. The predicted octanol–water partition coefficient (Wildman–Crippen LogP) is 3.08. The van der Waals surface area contributed by atoms with Gasteiger partial charge in [-0.25, -0.2) is 12.8 Å². The highest BCUT2D eigenvalue weighted by Gasteiger charge is 2.28. The molecule has 1 saturated heterocycles. The zero-order chi connectivity index (χ0) is 19.6. The minimum Gasteiger partial charge on any atom is -0.397 e. The third-order valence-corrected chi connectivity index (χ3v) is 6.52. The van der Waals surface area contributed by atoms with Crippen LogP contribution in [0, 0.1) is 11.7 Å². The summed E-state index contributed by atoms with van der Waals surface area (Å²) in [4.78, 5) is 12.5. The number of anilines is 2. The molecule has 144 valence electrons. The number of nitrogen functional groups attached to an aromatic ring is 1. The Hall–Kier alpha value is -2.45. The van der Waals surface area contributed by atoms with Crippen molar-refractivity contribution in [3.05, 3.63) is 53.8 Å². The minimum atomic E-state index is -3.58. The number of rotatable bonds is 4. The number of carbonyl (C=O) groups is 1. The van der Waals surface area contributed by atoms with Crippen molar-refractivity contribution in [2.45, 2.75) is 24.7 Å². The number of nitrogens with two attached hydrogens (primary N) is 1. The van der Waals surface area contributed by atoms with Crippen molar-refractivity contribution in [3.63, 3.8) is 0 Å². The van der Waals surface area contributed by atoms with E-state index >= 15 is 0 Å². The Labute approximate surface area is 158 Å². The average molecular weight is 391 g/mol. The zero-order valence-electron chi connectivity index (χ0n) is 15.0. The first-order valence-electron chi connectivity index (χ1n) is 8.74. The molecular weight excluding hydrogens is 369 g/mol. The van der Waals surface area contributed by atoms with Crippen LogP contribution >= 0.6 is 0 Å². The van der Waals surface area contributed by atoms with Gasteiger partial charge < -0.3 is 11.1 Å². The van der Waals surface area contributed by atoms with Gasteiger partial charge in [0.05, 0.1) is 16.3 Å². The lowest BCUT2D eigenvalue weighted by molar-refractivity contribution is 0.102. The lowest BCUT2D eigenvalue weighted by Crippen LogP contribution is -2.39. The van der Waals surface area contributed by atoms with E-state index in [9.17, 15) is 17.6 Å². The maximum absolute atomic E-state index is 13.3. The topological polar surface area (TPSA) is 92.5 Å².